The summed E-state index contributed by atoms with van der Waals surface area (Å²) in [6.07, 6.45) is -0.994. The number of nitrogens with zero attached hydrogens (tertiary/aromatic N) is 4. The molecule has 15 heteroatoms. The van der Waals surface area contributed by atoms with Crippen molar-refractivity contribution >= 4 is 58.0 Å². The predicted octanol–water partition coefficient (Wildman–Crippen LogP) is 3.03. The molecule has 0 spiro atoms. The van der Waals surface area contributed by atoms with Gasteiger partial charge in [-0.05, 0) is 18.2 Å². The third-order valence-corrected chi connectivity index (χ3v) is 7.95. The zero-order chi connectivity index (χ0) is 34.8. The molecule has 2 aromatic heterocycles. The van der Waals surface area contributed by atoms with Crippen LogP contribution in [-0.4, -0.2) is 80.4 Å². The van der Waals surface area contributed by atoms with Gasteiger partial charge in [-0.2, -0.15) is 0 Å². The Kier molecular flexibility index (Phi) is 9.27. The van der Waals surface area contributed by atoms with Crippen LogP contribution in [0.4, 0.5) is 5.69 Å². The minimum Gasteiger partial charge on any atom is -0.463 e. The number of amides is 1. The topological polar surface area (TPSA) is 179 Å². The fourth-order valence-electron chi connectivity index (χ4n) is 6.06. The second-order valence-corrected chi connectivity index (χ2v) is 11.6. The summed E-state index contributed by atoms with van der Waals surface area (Å²) in [5.41, 5.74) is 4.30. The fourth-order valence-corrected chi connectivity index (χ4v) is 6.06. The smallest absolute Gasteiger partial charge is 0.303 e. The molecule has 0 saturated carbocycles. The number of benzene rings is 2. The van der Waals surface area contributed by atoms with Gasteiger partial charge >= 0.3 is 23.9 Å². The highest BCUT2D eigenvalue weighted by atomic mass is 16.7. The Morgan fingerprint density at radius 1 is 0.857 bits per heavy atom. The molecule has 0 bridgehead atoms. The molecular weight excluding hydrogens is 638 g/mol. The van der Waals surface area contributed by atoms with Crippen molar-refractivity contribution in [2.75, 3.05) is 11.9 Å². The molecule has 2 aliphatic heterocycles. The zero-order valence-corrected chi connectivity index (χ0v) is 27.0. The number of anilines is 1. The van der Waals surface area contributed by atoms with Gasteiger partial charge in [-0.3, -0.25) is 24.0 Å². The molecule has 5 atom stereocenters. The Hall–Kier alpha value is -5.83. The van der Waals surface area contributed by atoms with E-state index in [1.165, 1.54) is 11.6 Å². The first kappa shape index (κ1) is 33.1. The van der Waals surface area contributed by atoms with Crippen LogP contribution in [0.5, 0.6) is 0 Å². The lowest BCUT2D eigenvalue weighted by molar-refractivity contribution is -0.270. The Morgan fingerprint density at radius 2 is 1.53 bits per heavy atom. The van der Waals surface area contributed by atoms with Gasteiger partial charge in [-0.25, -0.2) is 4.68 Å². The third kappa shape index (κ3) is 7.06. The molecule has 1 fully saturated rings. The summed E-state index contributed by atoms with van der Waals surface area (Å²) in [6.45, 7) is 4.54. The maximum atomic E-state index is 12.8. The Balaban J connectivity index is 1.34. The van der Waals surface area contributed by atoms with Crippen LogP contribution in [0.15, 0.2) is 60.9 Å². The van der Waals surface area contributed by atoms with Crippen LogP contribution in [-0.2, 0) is 54.2 Å². The number of ether oxygens (including phenoxy) is 5. The van der Waals surface area contributed by atoms with E-state index in [4.69, 9.17) is 23.7 Å². The van der Waals surface area contributed by atoms with Crippen molar-refractivity contribution in [3.05, 3.63) is 77.7 Å². The quantitative estimate of drug-likeness (QED) is 0.156. The fraction of sp³-hybridized carbons (Fsp3) is 0.324. The molecule has 2 aromatic carbocycles. The number of carbonyl (C=O) groups is 5. The Bertz CT molecular complexity index is 1980. The molecule has 1 saturated heterocycles. The van der Waals surface area contributed by atoms with Crippen LogP contribution in [0.2, 0.25) is 0 Å². The molecule has 1 N–H and O–H groups in total. The highest BCUT2D eigenvalue weighted by Crippen LogP contribution is 2.36. The monoisotopic (exact) mass is 671 g/mol. The normalized spacial score (nSPS) is 22.3. The minimum atomic E-state index is -1.35. The summed E-state index contributed by atoms with van der Waals surface area (Å²) >= 11 is 0. The summed E-state index contributed by atoms with van der Waals surface area (Å²) in [5, 5.41) is 12.4. The molecule has 2 aliphatic rings. The van der Waals surface area contributed by atoms with E-state index < -0.39 is 54.5 Å². The molecule has 254 valence electrons. The summed E-state index contributed by atoms with van der Waals surface area (Å²) < 4.78 is 31.2. The van der Waals surface area contributed by atoms with Crippen LogP contribution < -0.4 is 5.32 Å². The van der Waals surface area contributed by atoms with E-state index in [2.05, 4.69) is 15.6 Å². The van der Waals surface area contributed by atoms with Crippen molar-refractivity contribution in [3.8, 4) is 0 Å². The summed E-state index contributed by atoms with van der Waals surface area (Å²) in [7, 11) is 0. The number of aromatic nitrogens is 4. The lowest BCUT2D eigenvalue weighted by Gasteiger charge is -2.44. The van der Waals surface area contributed by atoms with Gasteiger partial charge in [0.25, 0.3) is 5.91 Å². The van der Waals surface area contributed by atoms with Gasteiger partial charge in [0.15, 0.2) is 24.5 Å². The van der Waals surface area contributed by atoms with E-state index in [1.807, 2.05) is 65.4 Å². The van der Waals surface area contributed by atoms with Crippen molar-refractivity contribution in [2.45, 2.75) is 64.9 Å². The molecule has 4 heterocycles. The van der Waals surface area contributed by atoms with Crippen molar-refractivity contribution in [3.63, 3.8) is 0 Å². The lowest BCUT2D eigenvalue weighted by Crippen LogP contribution is -2.60. The first-order valence-electron chi connectivity index (χ1n) is 15.4. The van der Waals surface area contributed by atoms with Crippen molar-refractivity contribution in [1.82, 2.24) is 19.6 Å². The second kappa shape index (κ2) is 13.7. The highest BCUT2D eigenvalue weighted by Gasteiger charge is 2.53. The second-order valence-electron chi connectivity index (χ2n) is 11.6. The molecule has 0 unspecified atom stereocenters. The number of para-hydroxylation sites is 2. The summed E-state index contributed by atoms with van der Waals surface area (Å²) in [4.78, 5) is 61.0. The van der Waals surface area contributed by atoms with Crippen molar-refractivity contribution in [1.29, 1.82) is 0 Å². The van der Waals surface area contributed by atoms with Gasteiger partial charge in [0.1, 0.15) is 18.4 Å². The number of nitrogens with one attached hydrogen (secondary N) is 1. The van der Waals surface area contributed by atoms with E-state index in [-0.39, 0.29) is 19.1 Å². The maximum Gasteiger partial charge on any atom is 0.303 e. The van der Waals surface area contributed by atoms with Crippen LogP contribution >= 0.6 is 0 Å². The zero-order valence-electron chi connectivity index (χ0n) is 27.0. The molecule has 0 radical (unpaired) electrons. The standard InChI is InChI=1S/C34H33N5O10/c1-18(40)45-17-29-30(46-19(2)41)31(47-20(3)42)32(48-21(4)43)34(49-29)39-16-23(36-37-39)15-38-14-22(24-9-6-8-12-28(24)38)13-26-25-10-5-7-11-27(25)35-33(26)44/h5-14,16,29-32,34H,15,17H2,1-4H3,(H,35,44)/b26-13+/t29-,30-,31+,32-,34-/m1/s1. The third-order valence-electron chi connectivity index (χ3n) is 7.95. The number of fused-ring (bicyclic) bond motifs is 2. The average molecular weight is 672 g/mol. The number of rotatable bonds is 9. The van der Waals surface area contributed by atoms with Crippen LogP contribution in [0.3, 0.4) is 0 Å². The lowest BCUT2D eigenvalue weighted by atomic mass is 9.97. The van der Waals surface area contributed by atoms with E-state index in [9.17, 15) is 24.0 Å². The molecule has 4 aromatic rings. The summed E-state index contributed by atoms with van der Waals surface area (Å²) in [6, 6.07) is 15.2. The number of esters is 4. The average Bonchev–Trinajstić information content (AvgIpc) is 3.74. The number of carbonyl (C=O) groups excluding carboxylic acids is 5. The van der Waals surface area contributed by atoms with Gasteiger partial charge in [0.05, 0.1) is 12.7 Å². The van der Waals surface area contributed by atoms with Crippen molar-refractivity contribution < 1.29 is 47.7 Å². The van der Waals surface area contributed by atoms with Gasteiger partial charge < -0.3 is 33.6 Å². The van der Waals surface area contributed by atoms with Gasteiger partial charge in [-0.15, -0.1) is 5.10 Å². The van der Waals surface area contributed by atoms with E-state index >= 15 is 0 Å². The van der Waals surface area contributed by atoms with E-state index in [0.29, 0.717) is 11.3 Å². The molecular formula is C34H33N5O10. The van der Waals surface area contributed by atoms with Gasteiger partial charge in [0.2, 0.25) is 0 Å². The summed E-state index contributed by atoms with van der Waals surface area (Å²) in [5.74, 6) is -3.01. The Morgan fingerprint density at radius 3 is 2.27 bits per heavy atom. The first-order chi connectivity index (χ1) is 23.5. The number of hydrogen-bond acceptors (Lipinski definition) is 12. The van der Waals surface area contributed by atoms with Gasteiger partial charge in [0, 0.05) is 67.2 Å². The van der Waals surface area contributed by atoms with E-state index in [0.717, 1.165) is 48.5 Å². The maximum absolute atomic E-state index is 12.8. The number of hydrogen-bond donors (Lipinski definition) is 1. The molecule has 49 heavy (non-hydrogen) atoms. The van der Waals surface area contributed by atoms with Crippen LogP contribution in [0.1, 0.15) is 50.7 Å². The molecule has 15 nitrogen and oxygen atoms in total. The Labute approximate surface area is 279 Å². The predicted molar refractivity (Wildman–Crippen MR) is 171 cm³/mol. The van der Waals surface area contributed by atoms with E-state index in [1.54, 1.807) is 6.20 Å². The minimum absolute atomic E-state index is 0.189. The highest BCUT2D eigenvalue weighted by molar-refractivity contribution is 6.35. The molecule has 6 rings (SSSR count). The van der Waals surface area contributed by atoms with Crippen LogP contribution in [0, 0.1) is 0 Å². The SMILES string of the molecule is CC(=O)OC[C@H]1O[C@@H](n2cc(Cn3cc(/C=C4/C(=O)Nc5ccccc54)c4ccccc43)nn2)[C@H](OC(C)=O)[C@@H](OC(C)=O)[C@@H]1OC(C)=O. The molecule has 0 aliphatic carbocycles. The molecule has 1 amide bonds. The van der Waals surface area contributed by atoms with Crippen LogP contribution in [0.25, 0.3) is 22.6 Å². The first-order valence-corrected chi connectivity index (χ1v) is 15.4. The van der Waals surface area contributed by atoms with Gasteiger partial charge in [-0.1, -0.05) is 41.6 Å². The largest absolute Gasteiger partial charge is 0.463 e. The van der Waals surface area contributed by atoms with Crippen molar-refractivity contribution in [2.24, 2.45) is 0 Å².